The first-order chi connectivity index (χ1) is 13.5. The van der Waals surface area contributed by atoms with Gasteiger partial charge in [0.15, 0.2) is 0 Å². The van der Waals surface area contributed by atoms with Crippen molar-refractivity contribution in [1.82, 2.24) is 9.88 Å². The van der Waals surface area contributed by atoms with Gasteiger partial charge < -0.3 is 4.74 Å². The molecule has 146 valence electrons. The fourth-order valence-electron chi connectivity index (χ4n) is 4.34. The van der Waals surface area contributed by atoms with E-state index >= 15 is 0 Å². The highest BCUT2D eigenvalue weighted by molar-refractivity contribution is 5.85. The van der Waals surface area contributed by atoms with E-state index in [9.17, 15) is 4.39 Å². The van der Waals surface area contributed by atoms with E-state index in [4.69, 9.17) is 4.74 Å². The number of aromatic nitrogens is 1. The molecule has 3 nitrogen and oxygen atoms in total. The van der Waals surface area contributed by atoms with Crippen molar-refractivity contribution in [2.45, 2.75) is 58.3 Å². The molecule has 1 aliphatic heterocycles. The number of likely N-dealkylation sites (tertiary alicyclic amines) is 1. The van der Waals surface area contributed by atoms with Crippen LogP contribution in [0.1, 0.15) is 37.9 Å². The standard InChI is InChI=1S/C24H27FN2O/c1-16-12-24(21-9-5-7-11-23(21)26-16)28-20-13-17(2)27(18(3)14-20)15-19-8-4-6-10-22(19)25/h4-12,17-18,20H,13-15H2,1-3H3. The highest BCUT2D eigenvalue weighted by Gasteiger charge is 2.32. The molecule has 1 aliphatic rings. The zero-order valence-electron chi connectivity index (χ0n) is 16.7. The third kappa shape index (κ3) is 3.88. The minimum absolute atomic E-state index is 0.126. The summed E-state index contributed by atoms with van der Waals surface area (Å²) in [6.45, 7) is 7.06. The molecule has 0 saturated carbocycles. The fourth-order valence-corrected chi connectivity index (χ4v) is 4.34. The van der Waals surface area contributed by atoms with Gasteiger partial charge in [-0.3, -0.25) is 9.88 Å². The lowest BCUT2D eigenvalue weighted by atomic mass is 9.94. The Bertz CT molecular complexity index is 962. The summed E-state index contributed by atoms with van der Waals surface area (Å²) in [5, 5.41) is 1.06. The molecule has 1 fully saturated rings. The zero-order valence-corrected chi connectivity index (χ0v) is 16.7. The molecule has 28 heavy (non-hydrogen) atoms. The third-order valence-electron chi connectivity index (χ3n) is 5.75. The van der Waals surface area contributed by atoms with Crippen LogP contribution in [0.25, 0.3) is 10.9 Å². The van der Waals surface area contributed by atoms with Crippen molar-refractivity contribution < 1.29 is 9.13 Å². The molecule has 0 aliphatic carbocycles. The number of piperidine rings is 1. The Hall–Kier alpha value is -2.46. The van der Waals surface area contributed by atoms with E-state index in [1.807, 2.05) is 43.3 Å². The van der Waals surface area contributed by atoms with Crippen LogP contribution in [0.4, 0.5) is 4.39 Å². The lowest BCUT2D eigenvalue weighted by Crippen LogP contribution is -2.49. The molecule has 2 atom stereocenters. The summed E-state index contributed by atoms with van der Waals surface area (Å²) in [5.74, 6) is 0.786. The monoisotopic (exact) mass is 378 g/mol. The zero-order chi connectivity index (χ0) is 19.7. The number of aryl methyl sites for hydroxylation is 1. The molecule has 1 saturated heterocycles. The van der Waals surface area contributed by atoms with Gasteiger partial charge in [-0.1, -0.05) is 30.3 Å². The Labute approximate surface area is 166 Å². The Balaban J connectivity index is 1.50. The highest BCUT2D eigenvalue weighted by Crippen LogP contribution is 2.32. The van der Waals surface area contributed by atoms with Crippen LogP contribution in [-0.2, 0) is 6.54 Å². The number of pyridine rings is 1. The number of fused-ring (bicyclic) bond motifs is 1. The molecule has 2 heterocycles. The molecule has 2 aromatic carbocycles. The summed E-state index contributed by atoms with van der Waals surface area (Å²) in [4.78, 5) is 6.99. The number of rotatable bonds is 4. The summed E-state index contributed by atoms with van der Waals surface area (Å²) < 4.78 is 20.6. The topological polar surface area (TPSA) is 25.4 Å². The van der Waals surface area contributed by atoms with Gasteiger partial charge in [0.05, 0.1) is 5.52 Å². The fraction of sp³-hybridized carbons (Fsp3) is 0.375. The molecule has 1 aromatic heterocycles. The van der Waals surface area contributed by atoms with Crippen molar-refractivity contribution in [2.75, 3.05) is 0 Å². The molecule has 0 spiro atoms. The maximum absolute atomic E-state index is 14.1. The van der Waals surface area contributed by atoms with Crippen LogP contribution in [0.15, 0.2) is 54.6 Å². The van der Waals surface area contributed by atoms with Gasteiger partial charge in [0.1, 0.15) is 17.7 Å². The minimum Gasteiger partial charge on any atom is -0.490 e. The molecular formula is C24H27FN2O. The number of para-hydroxylation sites is 1. The summed E-state index contributed by atoms with van der Waals surface area (Å²) in [5.41, 5.74) is 2.69. The van der Waals surface area contributed by atoms with Crippen LogP contribution >= 0.6 is 0 Å². The lowest BCUT2D eigenvalue weighted by Gasteiger charge is -2.42. The minimum atomic E-state index is -0.126. The van der Waals surface area contributed by atoms with Crippen molar-refractivity contribution in [3.05, 3.63) is 71.7 Å². The second-order valence-corrected chi connectivity index (χ2v) is 7.95. The summed E-state index contributed by atoms with van der Waals surface area (Å²) in [7, 11) is 0. The van der Waals surface area contributed by atoms with Gasteiger partial charge in [-0.05, 0) is 51.8 Å². The van der Waals surface area contributed by atoms with E-state index < -0.39 is 0 Å². The Morgan fingerprint density at radius 2 is 1.71 bits per heavy atom. The molecule has 2 unspecified atom stereocenters. The van der Waals surface area contributed by atoms with Crippen LogP contribution in [-0.4, -0.2) is 28.1 Å². The highest BCUT2D eigenvalue weighted by atomic mass is 19.1. The second kappa shape index (κ2) is 7.88. The summed E-state index contributed by atoms with van der Waals surface area (Å²) >= 11 is 0. The number of ether oxygens (including phenoxy) is 1. The first kappa shape index (κ1) is 18.9. The van der Waals surface area contributed by atoms with Crippen LogP contribution in [0, 0.1) is 12.7 Å². The van der Waals surface area contributed by atoms with E-state index in [-0.39, 0.29) is 11.9 Å². The van der Waals surface area contributed by atoms with E-state index in [1.165, 1.54) is 6.07 Å². The largest absolute Gasteiger partial charge is 0.490 e. The van der Waals surface area contributed by atoms with E-state index in [0.717, 1.165) is 40.8 Å². The normalized spacial score (nSPS) is 23.1. The van der Waals surface area contributed by atoms with Crippen LogP contribution in [0.3, 0.4) is 0 Å². The van der Waals surface area contributed by atoms with E-state index in [1.54, 1.807) is 6.07 Å². The number of nitrogens with zero attached hydrogens (tertiary/aromatic N) is 2. The van der Waals surface area contributed by atoms with Gasteiger partial charge in [-0.15, -0.1) is 0 Å². The summed E-state index contributed by atoms with van der Waals surface area (Å²) in [6.07, 6.45) is 2.00. The molecule has 0 N–H and O–H groups in total. The van der Waals surface area contributed by atoms with Crippen LogP contribution < -0.4 is 4.74 Å². The van der Waals surface area contributed by atoms with Gasteiger partial charge in [0.25, 0.3) is 0 Å². The predicted octanol–water partition coefficient (Wildman–Crippen LogP) is 5.50. The number of hydrogen-bond acceptors (Lipinski definition) is 3. The molecule has 0 bridgehead atoms. The third-order valence-corrected chi connectivity index (χ3v) is 5.75. The second-order valence-electron chi connectivity index (χ2n) is 7.95. The molecular weight excluding hydrogens is 351 g/mol. The van der Waals surface area contributed by atoms with Crippen molar-refractivity contribution in [1.29, 1.82) is 0 Å². The van der Waals surface area contributed by atoms with Crippen molar-refractivity contribution >= 4 is 10.9 Å². The van der Waals surface area contributed by atoms with Gasteiger partial charge in [-0.25, -0.2) is 4.39 Å². The van der Waals surface area contributed by atoms with Crippen molar-refractivity contribution in [3.63, 3.8) is 0 Å². The molecule has 0 amide bonds. The first-order valence-corrected chi connectivity index (χ1v) is 10.0. The Morgan fingerprint density at radius 3 is 2.46 bits per heavy atom. The number of hydrogen-bond donors (Lipinski definition) is 0. The molecule has 3 aromatic rings. The van der Waals surface area contributed by atoms with Crippen molar-refractivity contribution in [2.24, 2.45) is 0 Å². The van der Waals surface area contributed by atoms with Gasteiger partial charge in [0, 0.05) is 41.3 Å². The Kier molecular flexibility index (Phi) is 5.31. The van der Waals surface area contributed by atoms with Gasteiger partial charge >= 0.3 is 0 Å². The van der Waals surface area contributed by atoms with E-state index in [0.29, 0.717) is 18.6 Å². The first-order valence-electron chi connectivity index (χ1n) is 10.0. The number of benzene rings is 2. The van der Waals surface area contributed by atoms with Crippen molar-refractivity contribution in [3.8, 4) is 5.75 Å². The quantitative estimate of drug-likeness (QED) is 0.599. The number of halogens is 1. The van der Waals surface area contributed by atoms with Crippen LogP contribution in [0.2, 0.25) is 0 Å². The maximum atomic E-state index is 14.1. The van der Waals surface area contributed by atoms with Gasteiger partial charge in [-0.2, -0.15) is 0 Å². The molecule has 4 rings (SSSR count). The summed E-state index contributed by atoms with van der Waals surface area (Å²) in [6, 6.07) is 17.9. The maximum Gasteiger partial charge on any atom is 0.130 e. The SMILES string of the molecule is Cc1cc(OC2CC(C)N(Cc3ccccc3F)C(C)C2)c2ccccc2n1. The molecule has 0 radical (unpaired) electrons. The predicted molar refractivity (Wildman–Crippen MR) is 111 cm³/mol. The van der Waals surface area contributed by atoms with Gasteiger partial charge in [0.2, 0.25) is 0 Å². The Morgan fingerprint density at radius 1 is 1.04 bits per heavy atom. The smallest absolute Gasteiger partial charge is 0.130 e. The lowest BCUT2D eigenvalue weighted by molar-refractivity contribution is 0.0205. The van der Waals surface area contributed by atoms with E-state index in [2.05, 4.69) is 29.8 Å². The van der Waals surface area contributed by atoms with Crippen LogP contribution in [0.5, 0.6) is 5.75 Å². The average molecular weight is 378 g/mol. The molecule has 4 heteroatoms. The average Bonchev–Trinajstić information content (AvgIpc) is 2.66.